The van der Waals surface area contributed by atoms with Crippen molar-refractivity contribution in [3.05, 3.63) is 66.1 Å². The zero-order chi connectivity index (χ0) is 23.4. The number of anilines is 2. The highest BCUT2D eigenvalue weighted by atomic mass is 15.3. The first-order valence-electron chi connectivity index (χ1n) is 12.0. The summed E-state index contributed by atoms with van der Waals surface area (Å²) in [5.74, 6) is 0.429. The Morgan fingerprint density at radius 1 is 1.06 bits per heavy atom. The Morgan fingerprint density at radius 3 is 2.86 bits per heavy atom. The van der Waals surface area contributed by atoms with Gasteiger partial charge in [-0.25, -0.2) is 14.6 Å². The molecule has 0 amide bonds. The molecule has 4 N–H and O–H groups in total. The first-order chi connectivity index (χ1) is 17.2. The number of aromatic nitrogens is 6. The maximum Gasteiger partial charge on any atom is 0.164 e. The Balaban J connectivity index is 1.35. The van der Waals surface area contributed by atoms with Crippen molar-refractivity contribution in [1.29, 1.82) is 0 Å². The van der Waals surface area contributed by atoms with E-state index in [4.69, 9.17) is 10.8 Å². The lowest BCUT2D eigenvalue weighted by molar-refractivity contribution is 0.289. The van der Waals surface area contributed by atoms with Crippen LogP contribution in [0.4, 0.5) is 11.5 Å². The van der Waals surface area contributed by atoms with E-state index in [1.165, 1.54) is 36.0 Å². The molecule has 0 aliphatic carbocycles. The molecule has 0 radical (unpaired) electrons. The third-order valence-corrected chi connectivity index (χ3v) is 7.06. The predicted octanol–water partition coefficient (Wildman–Crippen LogP) is 3.88. The normalized spacial score (nSPS) is 18.1. The summed E-state index contributed by atoms with van der Waals surface area (Å²) in [4.78, 5) is 11.4. The molecule has 0 saturated carbocycles. The highest BCUT2D eigenvalue weighted by Crippen LogP contribution is 2.34. The van der Waals surface area contributed by atoms with E-state index in [-0.39, 0.29) is 6.17 Å². The van der Waals surface area contributed by atoms with Crippen molar-refractivity contribution >= 4 is 39.5 Å². The van der Waals surface area contributed by atoms with E-state index in [1.807, 2.05) is 29.1 Å². The van der Waals surface area contributed by atoms with Crippen LogP contribution in [0.5, 0.6) is 0 Å². The maximum absolute atomic E-state index is 6.36. The number of benzene rings is 2. The van der Waals surface area contributed by atoms with Crippen LogP contribution in [0.25, 0.3) is 39.3 Å². The fourth-order valence-corrected chi connectivity index (χ4v) is 5.33. The number of hydrogen-bond acceptors (Lipinski definition) is 7. The number of rotatable bonds is 4. The van der Waals surface area contributed by atoms with Crippen LogP contribution in [-0.4, -0.2) is 54.1 Å². The largest absolute Gasteiger partial charge is 0.383 e. The van der Waals surface area contributed by atoms with Gasteiger partial charge in [0, 0.05) is 29.7 Å². The van der Waals surface area contributed by atoms with Crippen molar-refractivity contribution < 1.29 is 0 Å². The quantitative estimate of drug-likeness (QED) is 0.371. The van der Waals surface area contributed by atoms with E-state index < -0.39 is 0 Å². The first-order valence-corrected chi connectivity index (χ1v) is 12.0. The Kier molecular flexibility index (Phi) is 4.56. The summed E-state index contributed by atoms with van der Waals surface area (Å²) in [7, 11) is 0. The molecular formula is C26H25N9. The Morgan fingerprint density at radius 2 is 1.94 bits per heavy atom. The van der Waals surface area contributed by atoms with E-state index in [2.05, 4.69) is 60.7 Å². The van der Waals surface area contributed by atoms with Gasteiger partial charge in [0.1, 0.15) is 24.0 Å². The number of fused-ring (bicyclic) bond motifs is 3. The van der Waals surface area contributed by atoms with Crippen molar-refractivity contribution in [1.82, 2.24) is 34.8 Å². The molecule has 9 nitrogen and oxygen atoms in total. The SMILES string of the molecule is Nc1ncnc2c1c(-c1ccc3cn[nH]c3c1)nn2CC1=Cc2ccccc2NC1N1CCCC1. The van der Waals surface area contributed by atoms with Crippen molar-refractivity contribution in [3.8, 4) is 11.3 Å². The second kappa shape index (κ2) is 7.92. The molecule has 2 aliphatic rings. The highest BCUT2D eigenvalue weighted by molar-refractivity contribution is 5.99. The van der Waals surface area contributed by atoms with Crippen LogP contribution in [0.2, 0.25) is 0 Å². The standard InChI is InChI=1S/C26H25N9/c27-24-22-23(17-7-8-18-13-30-32-21(18)12-17)33-35(26(22)29-15-28-24)14-19-11-16-5-1-2-6-20(16)31-25(19)34-9-3-4-10-34/h1-2,5-8,11-13,15,25,31H,3-4,9-10,14H2,(H,30,32)(H2,27,28,29). The summed E-state index contributed by atoms with van der Waals surface area (Å²) in [5, 5.41) is 17.8. The number of aromatic amines is 1. The van der Waals surface area contributed by atoms with Gasteiger partial charge >= 0.3 is 0 Å². The number of H-pyrrole nitrogens is 1. The molecule has 7 rings (SSSR count). The molecule has 2 aliphatic heterocycles. The number of nitrogen functional groups attached to an aromatic ring is 1. The first kappa shape index (κ1) is 20.2. The molecule has 1 atom stereocenters. The summed E-state index contributed by atoms with van der Waals surface area (Å²) >= 11 is 0. The Bertz CT molecular complexity index is 1590. The molecule has 35 heavy (non-hydrogen) atoms. The van der Waals surface area contributed by atoms with Gasteiger partial charge in [-0.3, -0.25) is 10.00 Å². The molecule has 0 spiro atoms. The second-order valence-corrected chi connectivity index (χ2v) is 9.23. The summed E-state index contributed by atoms with van der Waals surface area (Å²) in [6, 6.07) is 14.6. The molecular weight excluding hydrogens is 438 g/mol. The van der Waals surface area contributed by atoms with Crippen LogP contribution < -0.4 is 11.1 Å². The van der Waals surface area contributed by atoms with Gasteiger partial charge in [0.05, 0.1) is 23.6 Å². The molecule has 174 valence electrons. The topological polar surface area (TPSA) is 114 Å². The van der Waals surface area contributed by atoms with Gasteiger partial charge < -0.3 is 11.1 Å². The number of para-hydroxylation sites is 1. The minimum absolute atomic E-state index is 0.121. The fraction of sp³-hybridized carbons (Fsp3) is 0.231. The van der Waals surface area contributed by atoms with Crippen molar-refractivity contribution in [2.24, 2.45) is 0 Å². The van der Waals surface area contributed by atoms with E-state index in [0.29, 0.717) is 12.4 Å². The molecule has 5 heterocycles. The highest BCUT2D eigenvalue weighted by Gasteiger charge is 2.29. The zero-order valence-corrected chi connectivity index (χ0v) is 19.1. The molecule has 0 bridgehead atoms. The number of hydrogen-bond donors (Lipinski definition) is 3. The molecule has 3 aromatic heterocycles. The second-order valence-electron chi connectivity index (χ2n) is 9.23. The lowest BCUT2D eigenvalue weighted by atomic mass is 10.0. The van der Waals surface area contributed by atoms with Gasteiger partial charge in [0.15, 0.2) is 5.65 Å². The van der Waals surface area contributed by atoms with Gasteiger partial charge in [0.25, 0.3) is 0 Å². The number of likely N-dealkylation sites (tertiary alicyclic amines) is 1. The predicted molar refractivity (Wildman–Crippen MR) is 137 cm³/mol. The molecule has 2 aromatic carbocycles. The van der Waals surface area contributed by atoms with Crippen molar-refractivity contribution in [2.45, 2.75) is 25.6 Å². The average molecular weight is 464 g/mol. The van der Waals surface area contributed by atoms with E-state index in [0.717, 1.165) is 46.3 Å². The van der Waals surface area contributed by atoms with Gasteiger partial charge in [0.2, 0.25) is 0 Å². The summed E-state index contributed by atoms with van der Waals surface area (Å²) in [6.07, 6.45) is 8.19. The smallest absolute Gasteiger partial charge is 0.164 e. The Hall–Kier alpha value is -4.24. The van der Waals surface area contributed by atoms with E-state index in [9.17, 15) is 0 Å². The number of nitrogens with zero attached hydrogens (tertiary/aromatic N) is 6. The molecule has 1 unspecified atom stereocenters. The van der Waals surface area contributed by atoms with Crippen LogP contribution in [-0.2, 0) is 6.54 Å². The maximum atomic E-state index is 6.36. The summed E-state index contributed by atoms with van der Waals surface area (Å²) in [5.41, 5.74) is 13.4. The molecule has 1 fully saturated rings. The van der Waals surface area contributed by atoms with Crippen LogP contribution >= 0.6 is 0 Å². The van der Waals surface area contributed by atoms with Gasteiger partial charge in [-0.1, -0.05) is 30.3 Å². The summed E-state index contributed by atoms with van der Waals surface area (Å²) < 4.78 is 1.96. The van der Waals surface area contributed by atoms with Crippen LogP contribution in [0.15, 0.2) is 60.6 Å². The van der Waals surface area contributed by atoms with Crippen molar-refractivity contribution in [3.63, 3.8) is 0 Å². The number of nitrogens with one attached hydrogen (secondary N) is 2. The van der Waals surface area contributed by atoms with E-state index in [1.54, 1.807) is 0 Å². The lowest BCUT2D eigenvalue weighted by Gasteiger charge is -2.35. The van der Waals surface area contributed by atoms with Crippen LogP contribution in [0, 0.1) is 0 Å². The van der Waals surface area contributed by atoms with Crippen LogP contribution in [0.3, 0.4) is 0 Å². The molecule has 9 heteroatoms. The minimum Gasteiger partial charge on any atom is -0.383 e. The van der Waals surface area contributed by atoms with E-state index >= 15 is 0 Å². The Labute approximate surface area is 201 Å². The number of nitrogens with two attached hydrogens (primary N) is 1. The monoisotopic (exact) mass is 463 g/mol. The van der Waals surface area contributed by atoms with Crippen molar-refractivity contribution in [2.75, 3.05) is 24.1 Å². The lowest BCUT2D eigenvalue weighted by Crippen LogP contribution is -2.43. The molecule has 1 saturated heterocycles. The molecule has 5 aromatic rings. The fourth-order valence-electron chi connectivity index (χ4n) is 5.33. The van der Waals surface area contributed by atoms with Crippen LogP contribution in [0.1, 0.15) is 18.4 Å². The third-order valence-electron chi connectivity index (χ3n) is 7.06. The van der Waals surface area contributed by atoms with Gasteiger partial charge in [-0.2, -0.15) is 10.2 Å². The van der Waals surface area contributed by atoms with Gasteiger partial charge in [-0.05, 0) is 42.2 Å². The average Bonchev–Trinajstić information content (AvgIpc) is 3.64. The zero-order valence-electron chi connectivity index (χ0n) is 19.1. The minimum atomic E-state index is 0.121. The van der Waals surface area contributed by atoms with Gasteiger partial charge in [-0.15, -0.1) is 0 Å². The third kappa shape index (κ3) is 3.35. The summed E-state index contributed by atoms with van der Waals surface area (Å²) in [6.45, 7) is 2.77.